The first kappa shape index (κ1) is 11.7. The summed E-state index contributed by atoms with van der Waals surface area (Å²) in [5, 5.41) is 3.20. The van der Waals surface area contributed by atoms with Gasteiger partial charge in [-0.3, -0.25) is 4.79 Å². The smallest absolute Gasteiger partial charge is 0.152 e. The van der Waals surface area contributed by atoms with Crippen LogP contribution < -0.4 is 5.32 Å². The molecule has 1 aliphatic rings. The summed E-state index contributed by atoms with van der Waals surface area (Å²) in [6.45, 7) is 3.99. The fraction of sp³-hybridized carbons (Fsp3) is 0.917. The van der Waals surface area contributed by atoms with Gasteiger partial charge in [-0.15, -0.1) is 0 Å². The fourth-order valence-electron chi connectivity index (χ4n) is 2.44. The van der Waals surface area contributed by atoms with Crippen LogP contribution in [0.15, 0.2) is 0 Å². The number of hydrogen-bond acceptors (Lipinski definition) is 2. The molecule has 0 aromatic heterocycles. The van der Waals surface area contributed by atoms with Crippen molar-refractivity contribution in [3.8, 4) is 0 Å². The van der Waals surface area contributed by atoms with Crippen LogP contribution in [0.3, 0.4) is 0 Å². The zero-order valence-electron chi connectivity index (χ0n) is 9.68. The van der Waals surface area contributed by atoms with E-state index >= 15 is 0 Å². The SMILES string of the molecule is CN[C@@H](C(=O)C(C)C)C1CCCCC1.[HH]. The minimum atomic E-state index is 0. The van der Waals surface area contributed by atoms with E-state index < -0.39 is 0 Å². The highest BCUT2D eigenvalue weighted by Gasteiger charge is 2.29. The minimum Gasteiger partial charge on any atom is -0.310 e. The van der Waals surface area contributed by atoms with Crippen LogP contribution in [-0.4, -0.2) is 18.9 Å². The maximum absolute atomic E-state index is 11.9. The van der Waals surface area contributed by atoms with Gasteiger partial charge in [0.2, 0.25) is 0 Å². The summed E-state index contributed by atoms with van der Waals surface area (Å²) in [5.41, 5.74) is 0. The van der Waals surface area contributed by atoms with Gasteiger partial charge in [0.25, 0.3) is 0 Å². The highest BCUT2D eigenvalue weighted by atomic mass is 16.1. The van der Waals surface area contributed by atoms with E-state index in [1.54, 1.807) is 0 Å². The van der Waals surface area contributed by atoms with Gasteiger partial charge in [0.05, 0.1) is 6.04 Å². The molecule has 84 valence electrons. The van der Waals surface area contributed by atoms with E-state index in [4.69, 9.17) is 0 Å². The molecular formula is C12H25NO. The zero-order valence-corrected chi connectivity index (χ0v) is 9.68. The molecule has 0 unspecified atom stereocenters. The quantitative estimate of drug-likeness (QED) is 0.754. The minimum absolute atomic E-state index is 0. The van der Waals surface area contributed by atoms with Gasteiger partial charge in [-0.05, 0) is 25.8 Å². The molecule has 1 saturated carbocycles. The van der Waals surface area contributed by atoms with Crippen molar-refractivity contribution in [3.63, 3.8) is 0 Å². The Balaban J connectivity index is 0.00000196. The number of hydrogen-bond donors (Lipinski definition) is 1. The van der Waals surface area contributed by atoms with Gasteiger partial charge < -0.3 is 5.32 Å². The van der Waals surface area contributed by atoms with Crippen LogP contribution >= 0.6 is 0 Å². The predicted molar refractivity (Wildman–Crippen MR) is 61.4 cm³/mol. The average Bonchev–Trinajstić information content (AvgIpc) is 2.20. The Hall–Kier alpha value is -0.370. The third-order valence-electron chi connectivity index (χ3n) is 3.31. The van der Waals surface area contributed by atoms with Gasteiger partial charge in [-0.1, -0.05) is 33.1 Å². The molecule has 1 aliphatic carbocycles. The van der Waals surface area contributed by atoms with E-state index in [0.29, 0.717) is 11.7 Å². The summed E-state index contributed by atoms with van der Waals surface area (Å²) >= 11 is 0. The summed E-state index contributed by atoms with van der Waals surface area (Å²) in [7, 11) is 1.92. The summed E-state index contributed by atoms with van der Waals surface area (Å²) in [5.74, 6) is 1.14. The molecule has 0 amide bonds. The van der Waals surface area contributed by atoms with Crippen molar-refractivity contribution < 1.29 is 6.22 Å². The third kappa shape index (κ3) is 2.81. The average molecular weight is 199 g/mol. The van der Waals surface area contributed by atoms with E-state index in [1.807, 2.05) is 20.9 Å². The fourth-order valence-corrected chi connectivity index (χ4v) is 2.44. The number of carbonyl (C=O) groups is 1. The Kier molecular flexibility index (Phi) is 4.59. The number of nitrogens with one attached hydrogen (secondary N) is 1. The highest BCUT2D eigenvalue weighted by molar-refractivity contribution is 5.86. The van der Waals surface area contributed by atoms with Gasteiger partial charge in [0, 0.05) is 7.34 Å². The summed E-state index contributed by atoms with van der Waals surface area (Å²) in [4.78, 5) is 11.9. The van der Waals surface area contributed by atoms with E-state index in [0.717, 1.165) is 0 Å². The molecule has 1 atom stereocenters. The van der Waals surface area contributed by atoms with Gasteiger partial charge in [-0.25, -0.2) is 0 Å². The number of likely N-dealkylation sites (N-methyl/N-ethyl adjacent to an activating group) is 1. The first-order chi connectivity index (χ1) is 6.66. The molecule has 0 heterocycles. The number of carbonyl (C=O) groups excluding carboxylic acids is 1. The van der Waals surface area contributed by atoms with Crippen LogP contribution in [0.25, 0.3) is 0 Å². The molecule has 2 nitrogen and oxygen atoms in total. The van der Waals surface area contributed by atoms with E-state index in [1.165, 1.54) is 32.1 Å². The molecule has 0 spiro atoms. The van der Waals surface area contributed by atoms with Gasteiger partial charge in [-0.2, -0.15) is 0 Å². The van der Waals surface area contributed by atoms with Crippen molar-refractivity contribution in [2.45, 2.75) is 52.0 Å². The second-order valence-corrected chi connectivity index (χ2v) is 4.72. The number of Topliss-reactive ketones (excluding diaryl/α,β-unsaturated/α-hetero) is 1. The standard InChI is InChI=1S/C12H23NO.H2/c1-9(2)12(14)11(13-3)10-7-5-4-6-8-10;/h9-11,13H,4-8H2,1-3H3;1H/t11-;/m1./s1. The van der Waals surface area contributed by atoms with E-state index in [9.17, 15) is 4.79 Å². The van der Waals surface area contributed by atoms with Gasteiger partial charge >= 0.3 is 0 Å². The summed E-state index contributed by atoms with van der Waals surface area (Å²) < 4.78 is 0. The second kappa shape index (κ2) is 5.50. The Labute approximate surface area is 88.9 Å². The van der Waals surface area contributed by atoms with Crippen molar-refractivity contribution in [1.29, 1.82) is 0 Å². The molecule has 2 heteroatoms. The Morgan fingerprint density at radius 2 is 1.86 bits per heavy atom. The Morgan fingerprint density at radius 3 is 2.29 bits per heavy atom. The first-order valence-electron chi connectivity index (χ1n) is 5.87. The lowest BCUT2D eigenvalue weighted by atomic mass is 9.80. The van der Waals surface area contributed by atoms with Crippen LogP contribution in [0.5, 0.6) is 0 Å². The maximum Gasteiger partial charge on any atom is 0.152 e. The van der Waals surface area contributed by atoms with E-state index in [2.05, 4.69) is 5.32 Å². The van der Waals surface area contributed by atoms with Crippen molar-refractivity contribution in [3.05, 3.63) is 0 Å². The molecule has 0 aromatic carbocycles. The molecule has 0 radical (unpaired) electrons. The monoisotopic (exact) mass is 199 g/mol. The molecule has 1 fully saturated rings. The van der Waals surface area contributed by atoms with Crippen LogP contribution in [-0.2, 0) is 4.79 Å². The van der Waals surface area contributed by atoms with Gasteiger partial charge in [0.1, 0.15) is 0 Å². The van der Waals surface area contributed by atoms with E-state index in [-0.39, 0.29) is 13.4 Å². The molecule has 1 rings (SSSR count). The summed E-state index contributed by atoms with van der Waals surface area (Å²) in [6.07, 6.45) is 6.40. The Bertz CT molecular complexity index is 188. The normalized spacial score (nSPS) is 21.1. The van der Waals surface area contributed by atoms with Crippen LogP contribution in [0.4, 0.5) is 0 Å². The molecular weight excluding hydrogens is 174 g/mol. The first-order valence-corrected chi connectivity index (χ1v) is 5.87. The second-order valence-electron chi connectivity index (χ2n) is 4.72. The third-order valence-corrected chi connectivity index (χ3v) is 3.31. The van der Waals surface area contributed by atoms with Gasteiger partial charge in [0.15, 0.2) is 5.78 Å². The number of ketones is 1. The lowest BCUT2D eigenvalue weighted by molar-refractivity contribution is -0.125. The van der Waals surface area contributed by atoms with Crippen molar-refractivity contribution in [2.24, 2.45) is 11.8 Å². The molecule has 0 aliphatic heterocycles. The lowest BCUT2D eigenvalue weighted by Crippen LogP contribution is -2.43. The predicted octanol–water partition coefficient (Wildman–Crippen LogP) is 2.63. The molecule has 1 N–H and O–H groups in total. The molecule has 14 heavy (non-hydrogen) atoms. The summed E-state index contributed by atoms with van der Waals surface area (Å²) in [6, 6.07) is 0.107. The molecule has 0 saturated heterocycles. The van der Waals surface area contributed by atoms with Crippen LogP contribution in [0, 0.1) is 11.8 Å². The lowest BCUT2D eigenvalue weighted by Gasteiger charge is -2.30. The molecule has 0 aromatic rings. The topological polar surface area (TPSA) is 29.1 Å². The highest BCUT2D eigenvalue weighted by Crippen LogP contribution is 2.27. The van der Waals surface area contributed by atoms with Crippen molar-refractivity contribution >= 4 is 5.78 Å². The molecule has 0 bridgehead atoms. The Morgan fingerprint density at radius 1 is 1.29 bits per heavy atom. The largest absolute Gasteiger partial charge is 0.310 e. The zero-order chi connectivity index (χ0) is 10.6. The maximum atomic E-state index is 11.9. The van der Waals surface area contributed by atoms with Crippen molar-refractivity contribution in [1.82, 2.24) is 5.32 Å². The number of rotatable bonds is 4. The van der Waals surface area contributed by atoms with Crippen LogP contribution in [0.1, 0.15) is 47.4 Å². The van der Waals surface area contributed by atoms with Crippen LogP contribution in [0.2, 0.25) is 0 Å². The van der Waals surface area contributed by atoms with Crippen molar-refractivity contribution in [2.75, 3.05) is 7.05 Å².